The summed E-state index contributed by atoms with van der Waals surface area (Å²) in [6.45, 7) is 1.65. The molecule has 2 aromatic heterocycles. The molecule has 1 N–H and O–H groups in total. The Morgan fingerprint density at radius 3 is 3.17 bits per heavy atom. The first-order valence-corrected chi connectivity index (χ1v) is 3.38. The lowest BCUT2D eigenvalue weighted by Crippen LogP contribution is -2.21. The molecule has 0 aliphatic rings. The fraction of sp³-hybridized carbons (Fsp3) is 0.167. The predicted octanol–water partition coefficient (Wildman–Crippen LogP) is -0.640. The van der Waals surface area contributed by atoms with Crippen LogP contribution in [0.15, 0.2) is 11.0 Å². The second-order valence-corrected chi connectivity index (χ2v) is 2.47. The number of fused-ring (bicyclic) bond motifs is 1. The lowest BCUT2D eigenvalue weighted by molar-refractivity contribution is 0.975. The smallest absolute Gasteiger partial charge is 0.251 e. The minimum Gasteiger partial charge on any atom is -0.354 e. The monoisotopic (exact) mass is 160 g/mol. The molecule has 2 aromatic rings. The van der Waals surface area contributed by atoms with Crippen molar-refractivity contribution in [2.45, 2.75) is 6.92 Å². The molecule has 0 spiro atoms. The van der Waals surface area contributed by atoms with Gasteiger partial charge < -0.3 is 4.48 Å². The summed E-state index contributed by atoms with van der Waals surface area (Å²) in [5.41, 5.74) is 0.186. The van der Waals surface area contributed by atoms with Crippen molar-refractivity contribution in [1.82, 2.24) is 19.7 Å². The molecule has 0 atom stereocenters. The summed E-state index contributed by atoms with van der Waals surface area (Å²) in [5.74, 6) is 0.455. The average Bonchev–Trinajstić information content (AvgIpc) is 2.48. The van der Waals surface area contributed by atoms with Crippen molar-refractivity contribution in [3.63, 3.8) is 0 Å². The Kier molecular flexibility index (Phi) is 1.30. The van der Waals surface area contributed by atoms with E-state index in [1.807, 2.05) is 0 Å². The Morgan fingerprint density at radius 1 is 1.67 bits per heavy atom. The van der Waals surface area contributed by atoms with Crippen LogP contribution < -0.4 is 5.56 Å². The molecule has 0 saturated carbocycles. The zero-order chi connectivity index (χ0) is 8.72. The molecule has 5 nitrogen and oxygen atoms in total. The van der Waals surface area contributed by atoms with Crippen molar-refractivity contribution in [2.75, 3.05) is 0 Å². The first-order valence-electron chi connectivity index (χ1n) is 3.38. The van der Waals surface area contributed by atoms with E-state index in [0.717, 1.165) is 4.48 Å². The highest BCUT2D eigenvalue weighted by Gasteiger charge is 2.04. The number of hydrogen-bond donors (Lipinski definition) is 1. The Morgan fingerprint density at radius 2 is 2.42 bits per heavy atom. The molecule has 0 saturated heterocycles. The number of hydrogen-bond acceptors (Lipinski definition) is 3. The van der Waals surface area contributed by atoms with Gasteiger partial charge in [0.1, 0.15) is 5.39 Å². The molecule has 2 radical (unpaired) electrons. The zero-order valence-corrected chi connectivity index (χ0v) is 6.40. The fourth-order valence-corrected chi connectivity index (χ4v) is 1.01. The molecule has 58 valence electrons. The van der Waals surface area contributed by atoms with E-state index in [4.69, 9.17) is 7.98 Å². The van der Waals surface area contributed by atoms with E-state index >= 15 is 0 Å². The van der Waals surface area contributed by atoms with Crippen molar-refractivity contribution in [1.29, 1.82) is 0 Å². The van der Waals surface area contributed by atoms with Crippen LogP contribution in [0.1, 0.15) is 5.82 Å². The second kappa shape index (κ2) is 2.20. The molecule has 0 aliphatic heterocycles. The van der Waals surface area contributed by atoms with Gasteiger partial charge in [-0.2, -0.15) is 5.10 Å². The maximum Gasteiger partial charge on any atom is 0.251 e. The summed E-state index contributed by atoms with van der Waals surface area (Å²) >= 11 is 0. The topological polar surface area (TPSA) is 63.6 Å². The molecule has 12 heavy (non-hydrogen) atoms. The normalized spacial score (nSPS) is 10.8. The number of aromatic amines is 1. The van der Waals surface area contributed by atoms with Crippen LogP contribution in [0.2, 0.25) is 0 Å². The highest BCUT2D eigenvalue weighted by atomic mass is 16.1. The Balaban J connectivity index is 3.05. The van der Waals surface area contributed by atoms with Crippen molar-refractivity contribution in [3.8, 4) is 0 Å². The van der Waals surface area contributed by atoms with Crippen LogP contribution in [0.4, 0.5) is 0 Å². The molecule has 0 aliphatic carbocycles. The van der Waals surface area contributed by atoms with E-state index in [1.165, 1.54) is 6.20 Å². The van der Waals surface area contributed by atoms with Gasteiger partial charge in [-0.25, -0.2) is 4.98 Å². The summed E-state index contributed by atoms with van der Waals surface area (Å²) in [7, 11) is 5.41. The lowest BCUT2D eigenvalue weighted by atomic mass is 10.3. The van der Waals surface area contributed by atoms with Gasteiger partial charge in [0, 0.05) is 0 Å². The van der Waals surface area contributed by atoms with Gasteiger partial charge in [0.15, 0.2) is 5.65 Å². The van der Waals surface area contributed by atoms with E-state index < -0.39 is 0 Å². The minimum absolute atomic E-state index is 0.286. The van der Waals surface area contributed by atoms with Crippen LogP contribution in [0.25, 0.3) is 11.0 Å². The number of aromatic nitrogens is 4. The highest BCUT2D eigenvalue weighted by Crippen LogP contribution is 2.00. The van der Waals surface area contributed by atoms with Crippen molar-refractivity contribution in [3.05, 3.63) is 22.4 Å². The molecule has 0 fully saturated rings. The third kappa shape index (κ3) is 0.776. The predicted molar refractivity (Wildman–Crippen MR) is 44.0 cm³/mol. The summed E-state index contributed by atoms with van der Waals surface area (Å²) in [4.78, 5) is 15.4. The van der Waals surface area contributed by atoms with Gasteiger partial charge in [0.2, 0.25) is 7.98 Å². The average molecular weight is 160 g/mol. The van der Waals surface area contributed by atoms with Gasteiger partial charge in [-0.05, 0) is 6.92 Å². The van der Waals surface area contributed by atoms with Crippen LogP contribution in [0.3, 0.4) is 0 Å². The fourth-order valence-electron chi connectivity index (χ4n) is 1.01. The van der Waals surface area contributed by atoms with Crippen LogP contribution in [0, 0.1) is 6.92 Å². The van der Waals surface area contributed by atoms with E-state index in [-0.39, 0.29) is 5.56 Å². The first kappa shape index (κ1) is 7.09. The lowest BCUT2D eigenvalue weighted by Gasteiger charge is -2.00. The molecule has 0 aromatic carbocycles. The molecule has 0 amide bonds. The van der Waals surface area contributed by atoms with E-state index in [2.05, 4.69) is 15.2 Å². The van der Waals surface area contributed by atoms with E-state index in [9.17, 15) is 4.79 Å². The molecule has 2 rings (SSSR count). The van der Waals surface area contributed by atoms with Gasteiger partial charge in [0.25, 0.3) is 5.56 Å². The molecule has 0 unspecified atom stereocenters. The van der Waals surface area contributed by atoms with Crippen LogP contribution in [0.5, 0.6) is 0 Å². The SMILES string of the molecule is [B]n1c(C)nc2[nH]ncc2c1=O. The first-order chi connectivity index (χ1) is 5.70. The minimum atomic E-state index is -0.286. The zero-order valence-electron chi connectivity index (χ0n) is 6.40. The van der Waals surface area contributed by atoms with Crippen LogP contribution in [-0.4, -0.2) is 27.6 Å². The maximum absolute atomic E-state index is 11.3. The summed E-state index contributed by atoms with van der Waals surface area (Å²) in [6.07, 6.45) is 1.41. The van der Waals surface area contributed by atoms with Gasteiger partial charge in [-0.1, -0.05) is 0 Å². The number of H-pyrrole nitrogens is 1. The summed E-state index contributed by atoms with van der Waals surface area (Å²) < 4.78 is 0.998. The van der Waals surface area contributed by atoms with Crippen molar-refractivity contribution >= 4 is 19.0 Å². The number of aryl methyl sites for hydroxylation is 1. The summed E-state index contributed by atoms with van der Waals surface area (Å²) in [5, 5.41) is 6.69. The van der Waals surface area contributed by atoms with Gasteiger partial charge in [-0.3, -0.25) is 9.89 Å². The van der Waals surface area contributed by atoms with Crippen LogP contribution in [-0.2, 0) is 0 Å². The highest BCUT2D eigenvalue weighted by molar-refractivity contribution is 6.07. The number of nitrogens with zero attached hydrogens (tertiary/aromatic N) is 3. The Bertz CT molecular complexity index is 486. The third-order valence-corrected chi connectivity index (χ3v) is 1.69. The largest absolute Gasteiger partial charge is 0.354 e. The van der Waals surface area contributed by atoms with Crippen molar-refractivity contribution in [2.24, 2.45) is 0 Å². The quantitative estimate of drug-likeness (QED) is 0.521. The third-order valence-electron chi connectivity index (χ3n) is 1.69. The molecule has 0 bridgehead atoms. The molecular formula is C6H5BN4O. The van der Waals surface area contributed by atoms with Gasteiger partial charge in [-0.15, -0.1) is 0 Å². The number of nitrogens with one attached hydrogen (secondary N) is 1. The second-order valence-electron chi connectivity index (χ2n) is 2.47. The van der Waals surface area contributed by atoms with Crippen LogP contribution >= 0.6 is 0 Å². The Hall–Kier alpha value is -1.59. The Labute approximate surface area is 68.9 Å². The maximum atomic E-state index is 11.3. The van der Waals surface area contributed by atoms with E-state index in [0.29, 0.717) is 16.9 Å². The molecular weight excluding hydrogens is 155 g/mol. The molecule has 2 heterocycles. The number of rotatable bonds is 0. The van der Waals surface area contributed by atoms with E-state index in [1.54, 1.807) is 6.92 Å². The summed E-state index contributed by atoms with van der Waals surface area (Å²) in [6, 6.07) is 0. The van der Waals surface area contributed by atoms with Gasteiger partial charge in [0.05, 0.1) is 12.0 Å². The standard InChI is InChI=1S/C6H5BN4O/c1-3-9-5-4(2-8-10-5)6(12)11(3)7/h2H,1H3,(H,8,10). The van der Waals surface area contributed by atoms with Gasteiger partial charge >= 0.3 is 0 Å². The molecule has 6 heteroatoms. The van der Waals surface area contributed by atoms with Crippen molar-refractivity contribution < 1.29 is 0 Å².